The molecule has 3 aromatic rings. The average molecular weight is 546 g/mol. The minimum atomic E-state index is 0.0968. The maximum atomic E-state index is 12.9. The molecule has 4 rings (SSSR count). The van der Waals surface area contributed by atoms with Gasteiger partial charge in [0, 0.05) is 19.3 Å². The molecule has 1 aliphatic rings. The van der Waals surface area contributed by atoms with Crippen LogP contribution in [0.5, 0.6) is 5.75 Å². The first-order valence-corrected chi connectivity index (χ1v) is 12.3. The van der Waals surface area contributed by atoms with Crippen LogP contribution in [-0.4, -0.2) is 34.0 Å². The number of piperidine rings is 1. The number of halogens is 2. The van der Waals surface area contributed by atoms with Crippen LogP contribution in [-0.2, 0) is 19.3 Å². The summed E-state index contributed by atoms with van der Waals surface area (Å²) in [6.45, 7) is 1.64. The van der Waals surface area contributed by atoms with Gasteiger partial charge in [-0.15, -0.1) is 0 Å². The van der Waals surface area contributed by atoms with Crippen molar-refractivity contribution >= 4 is 37.8 Å². The molecule has 0 spiro atoms. The van der Waals surface area contributed by atoms with E-state index in [9.17, 15) is 9.90 Å². The lowest BCUT2D eigenvalue weighted by molar-refractivity contribution is 0.0685. The number of carbonyl (C=O) groups is 1. The van der Waals surface area contributed by atoms with Crippen LogP contribution in [0, 0.1) is 5.92 Å². The number of aromatic hydroxyl groups is 1. The molecule has 4 nitrogen and oxygen atoms in total. The molecule has 162 valence electrons. The molecule has 1 aromatic heterocycles. The Labute approximate surface area is 199 Å². The number of aryl methyl sites for hydroxylation is 2. The van der Waals surface area contributed by atoms with Crippen LogP contribution in [0.4, 0.5) is 0 Å². The quantitative estimate of drug-likeness (QED) is 0.391. The van der Waals surface area contributed by atoms with Crippen molar-refractivity contribution in [1.82, 2.24) is 9.88 Å². The highest BCUT2D eigenvalue weighted by atomic mass is 79.9. The Morgan fingerprint density at radius 1 is 0.968 bits per heavy atom. The van der Waals surface area contributed by atoms with Gasteiger partial charge < -0.3 is 15.0 Å². The van der Waals surface area contributed by atoms with Gasteiger partial charge in [0.25, 0.3) is 5.91 Å². The summed E-state index contributed by atoms with van der Waals surface area (Å²) >= 11 is 6.75. The van der Waals surface area contributed by atoms with Crippen molar-refractivity contribution in [3.05, 3.63) is 86.1 Å². The third kappa shape index (κ3) is 5.60. The van der Waals surface area contributed by atoms with E-state index in [0.29, 0.717) is 20.6 Å². The van der Waals surface area contributed by atoms with Crippen LogP contribution < -0.4 is 0 Å². The zero-order valence-corrected chi connectivity index (χ0v) is 20.5. The Hall–Kier alpha value is -2.05. The van der Waals surface area contributed by atoms with Gasteiger partial charge in [0.1, 0.15) is 11.4 Å². The Morgan fingerprint density at radius 2 is 1.61 bits per heavy atom. The summed E-state index contributed by atoms with van der Waals surface area (Å²) in [4.78, 5) is 18.1. The van der Waals surface area contributed by atoms with E-state index < -0.39 is 0 Å². The number of phenols is 1. The summed E-state index contributed by atoms with van der Waals surface area (Å²) in [5.74, 6) is 0.958. The highest BCUT2D eigenvalue weighted by molar-refractivity contribution is 9.11. The summed E-state index contributed by atoms with van der Waals surface area (Å²) in [5.41, 5.74) is 4.28. The first kappa shape index (κ1) is 22.2. The van der Waals surface area contributed by atoms with Gasteiger partial charge in [-0.25, -0.2) is 0 Å². The highest BCUT2D eigenvalue weighted by Gasteiger charge is 2.24. The number of hydrogen-bond donors (Lipinski definition) is 2. The van der Waals surface area contributed by atoms with Crippen LogP contribution in [0.3, 0.4) is 0 Å². The number of phenolic OH excluding ortho intramolecular Hbond substituents is 1. The van der Waals surface area contributed by atoms with Crippen LogP contribution in [0.2, 0.25) is 0 Å². The molecule has 31 heavy (non-hydrogen) atoms. The van der Waals surface area contributed by atoms with Crippen LogP contribution in [0.15, 0.2) is 63.7 Å². The standard InChI is InChI=1S/C25H26Br2N2O2/c26-21-13-19(14-22(27)24(21)30)6-7-20-15-23(28-16-20)25(31)29-10-8-18(9-11-29)12-17-4-2-1-3-5-17/h1-5,13-16,18,28,30H,6-12H2. The first-order valence-electron chi connectivity index (χ1n) is 10.7. The Morgan fingerprint density at radius 3 is 2.29 bits per heavy atom. The molecule has 2 heterocycles. The molecule has 2 aromatic carbocycles. The smallest absolute Gasteiger partial charge is 0.270 e. The molecule has 0 bridgehead atoms. The van der Waals surface area contributed by atoms with E-state index in [1.54, 1.807) is 0 Å². The van der Waals surface area contributed by atoms with Crippen molar-refractivity contribution in [2.75, 3.05) is 13.1 Å². The SMILES string of the molecule is O=C(c1cc(CCc2cc(Br)c(O)c(Br)c2)c[nH]1)N1CCC(Cc2ccccc2)CC1. The number of carbonyl (C=O) groups excluding carboxylic acids is 1. The molecule has 0 radical (unpaired) electrons. The number of benzene rings is 2. The molecule has 0 aliphatic carbocycles. The third-order valence-electron chi connectivity index (χ3n) is 6.02. The fourth-order valence-electron chi connectivity index (χ4n) is 4.22. The van der Waals surface area contributed by atoms with Gasteiger partial charge in [0.05, 0.1) is 8.95 Å². The van der Waals surface area contributed by atoms with Gasteiger partial charge >= 0.3 is 0 Å². The number of aromatic amines is 1. The largest absolute Gasteiger partial charge is 0.506 e. The van der Waals surface area contributed by atoms with Crippen molar-refractivity contribution in [3.63, 3.8) is 0 Å². The lowest BCUT2D eigenvalue weighted by atomic mass is 9.90. The van der Waals surface area contributed by atoms with E-state index in [1.807, 2.05) is 29.3 Å². The molecule has 1 amide bonds. The second-order valence-electron chi connectivity index (χ2n) is 8.25. The normalized spacial score (nSPS) is 14.7. The fourth-order valence-corrected chi connectivity index (χ4v) is 5.50. The maximum Gasteiger partial charge on any atom is 0.270 e. The zero-order valence-electron chi connectivity index (χ0n) is 17.3. The van der Waals surface area contributed by atoms with Gasteiger partial charge in [0.2, 0.25) is 0 Å². The minimum Gasteiger partial charge on any atom is -0.506 e. The fraction of sp³-hybridized carbons (Fsp3) is 0.320. The van der Waals surface area contributed by atoms with E-state index in [-0.39, 0.29) is 11.7 Å². The predicted molar refractivity (Wildman–Crippen MR) is 130 cm³/mol. The van der Waals surface area contributed by atoms with E-state index >= 15 is 0 Å². The van der Waals surface area contributed by atoms with E-state index in [2.05, 4.69) is 67.2 Å². The van der Waals surface area contributed by atoms with Gasteiger partial charge in [-0.05, 0) is 105 Å². The summed E-state index contributed by atoms with van der Waals surface area (Å²) in [5, 5.41) is 9.85. The number of nitrogens with zero attached hydrogens (tertiary/aromatic N) is 1. The molecule has 0 unspecified atom stereocenters. The average Bonchev–Trinajstić information content (AvgIpc) is 3.26. The number of hydrogen-bond acceptors (Lipinski definition) is 2. The molecule has 1 aliphatic heterocycles. The number of aromatic nitrogens is 1. The lowest BCUT2D eigenvalue weighted by Gasteiger charge is -2.31. The number of likely N-dealkylation sites (tertiary alicyclic amines) is 1. The number of H-pyrrole nitrogens is 1. The Kier molecular flexibility index (Phi) is 7.18. The number of nitrogens with one attached hydrogen (secondary N) is 1. The topological polar surface area (TPSA) is 56.3 Å². The summed E-state index contributed by atoms with van der Waals surface area (Å²) in [6, 6.07) is 16.4. The number of rotatable bonds is 6. The molecule has 6 heteroatoms. The second-order valence-corrected chi connectivity index (χ2v) is 9.96. The van der Waals surface area contributed by atoms with E-state index in [1.165, 1.54) is 5.56 Å². The summed E-state index contributed by atoms with van der Waals surface area (Å²) in [6.07, 6.45) is 6.79. The van der Waals surface area contributed by atoms with Crippen LogP contribution in [0.1, 0.15) is 40.0 Å². The van der Waals surface area contributed by atoms with Crippen molar-refractivity contribution in [2.45, 2.75) is 32.1 Å². The van der Waals surface area contributed by atoms with E-state index in [0.717, 1.165) is 56.3 Å². The summed E-state index contributed by atoms with van der Waals surface area (Å²) in [7, 11) is 0. The predicted octanol–water partition coefficient (Wildman–Crippen LogP) is 6.13. The number of amides is 1. The van der Waals surface area contributed by atoms with Crippen molar-refractivity contribution < 1.29 is 9.90 Å². The summed E-state index contributed by atoms with van der Waals surface area (Å²) < 4.78 is 1.36. The molecule has 2 N–H and O–H groups in total. The molecular formula is C25H26Br2N2O2. The molecule has 1 fully saturated rings. The maximum absolute atomic E-state index is 12.9. The third-order valence-corrected chi connectivity index (χ3v) is 7.23. The minimum absolute atomic E-state index is 0.0968. The monoisotopic (exact) mass is 544 g/mol. The zero-order chi connectivity index (χ0) is 21.8. The van der Waals surface area contributed by atoms with Crippen molar-refractivity contribution in [2.24, 2.45) is 5.92 Å². The Balaban J connectivity index is 1.29. The van der Waals surface area contributed by atoms with E-state index in [4.69, 9.17) is 0 Å². The lowest BCUT2D eigenvalue weighted by Crippen LogP contribution is -2.39. The van der Waals surface area contributed by atoms with Crippen molar-refractivity contribution in [3.8, 4) is 5.75 Å². The molecular weight excluding hydrogens is 520 g/mol. The Bertz CT molecular complexity index is 1020. The van der Waals surface area contributed by atoms with Gasteiger partial charge in [-0.3, -0.25) is 4.79 Å². The van der Waals surface area contributed by atoms with Gasteiger partial charge in [0.15, 0.2) is 0 Å². The molecule has 0 atom stereocenters. The molecule has 1 saturated heterocycles. The van der Waals surface area contributed by atoms with Crippen LogP contribution >= 0.6 is 31.9 Å². The molecule has 0 saturated carbocycles. The highest BCUT2D eigenvalue weighted by Crippen LogP contribution is 2.33. The van der Waals surface area contributed by atoms with Gasteiger partial charge in [-0.1, -0.05) is 30.3 Å². The van der Waals surface area contributed by atoms with Crippen molar-refractivity contribution in [1.29, 1.82) is 0 Å². The van der Waals surface area contributed by atoms with Crippen LogP contribution in [0.25, 0.3) is 0 Å². The van der Waals surface area contributed by atoms with Gasteiger partial charge in [-0.2, -0.15) is 0 Å². The second kappa shape index (κ2) is 10.0. The first-order chi connectivity index (χ1) is 15.0.